The summed E-state index contributed by atoms with van der Waals surface area (Å²) in [6, 6.07) is 4.94. The first-order valence-corrected chi connectivity index (χ1v) is 9.20. The van der Waals surface area contributed by atoms with Crippen molar-refractivity contribution in [2.24, 2.45) is 16.8 Å². The SMILES string of the molecule is CC1=Nc2c(F)cc(-c3ccn4nc(N)[nH]c(=O)c34)cc2C[C@@H]1[C@H](C)CCF. The Balaban J connectivity index is 1.83. The highest BCUT2D eigenvalue weighted by Crippen LogP contribution is 2.38. The molecule has 8 heteroatoms. The van der Waals surface area contributed by atoms with Gasteiger partial charge in [0.1, 0.15) is 17.0 Å². The van der Waals surface area contributed by atoms with Crippen LogP contribution >= 0.6 is 0 Å². The molecule has 0 unspecified atom stereocenters. The Bertz CT molecular complexity index is 1150. The van der Waals surface area contributed by atoms with Crippen LogP contribution in [-0.4, -0.2) is 27.0 Å². The number of rotatable bonds is 4. The molecule has 0 amide bonds. The molecule has 6 nitrogen and oxygen atoms in total. The van der Waals surface area contributed by atoms with E-state index >= 15 is 0 Å². The van der Waals surface area contributed by atoms with E-state index in [2.05, 4.69) is 15.1 Å². The Kier molecular flexibility index (Phi) is 4.49. The molecule has 1 aliphatic rings. The maximum absolute atomic E-state index is 14.8. The normalized spacial score (nSPS) is 17.4. The van der Waals surface area contributed by atoms with Gasteiger partial charge in [-0.3, -0.25) is 19.2 Å². The molecule has 0 radical (unpaired) electrons. The maximum Gasteiger partial charge on any atom is 0.277 e. The molecule has 0 saturated carbocycles. The molecule has 0 aliphatic carbocycles. The highest BCUT2D eigenvalue weighted by molar-refractivity contribution is 5.90. The Labute approximate surface area is 160 Å². The number of aromatic nitrogens is 3. The van der Waals surface area contributed by atoms with Crippen molar-refractivity contribution in [3.8, 4) is 11.1 Å². The van der Waals surface area contributed by atoms with Gasteiger partial charge in [-0.2, -0.15) is 0 Å². The molecule has 2 aromatic heterocycles. The van der Waals surface area contributed by atoms with Gasteiger partial charge in [0, 0.05) is 23.4 Å². The average Bonchev–Trinajstić information content (AvgIpc) is 3.06. The highest BCUT2D eigenvalue weighted by Gasteiger charge is 2.27. The fraction of sp³-hybridized carbons (Fsp3) is 0.350. The van der Waals surface area contributed by atoms with Crippen LogP contribution in [-0.2, 0) is 6.42 Å². The molecular formula is C20H21F2N5O. The molecule has 0 spiro atoms. The first-order valence-electron chi connectivity index (χ1n) is 9.20. The van der Waals surface area contributed by atoms with E-state index in [1.54, 1.807) is 12.3 Å². The second kappa shape index (κ2) is 6.85. The molecule has 3 N–H and O–H groups in total. The minimum atomic E-state index is -0.442. The molecule has 0 saturated heterocycles. The number of alkyl halides is 1. The number of anilines is 1. The Morgan fingerprint density at radius 1 is 1.43 bits per heavy atom. The predicted octanol–water partition coefficient (Wildman–Crippen LogP) is 3.67. The van der Waals surface area contributed by atoms with E-state index in [1.807, 2.05) is 19.9 Å². The molecule has 28 heavy (non-hydrogen) atoms. The molecule has 4 rings (SSSR count). The fourth-order valence-corrected chi connectivity index (χ4v) is 4.00. The topological polar surface area (TPSA) is 88.5 Å². The quantitative estimate of drug-likeness (QED) is 0.718. The van der Waals surface area contributed by atoms with Crippen molar-refractivity contribution in [2.75, 3.05) is 12.4 Å². The van der Waals surface area contributed by atoms with Gasteiger partial charge in [0.15, 0.2) is 0 Å². The van der Waals surface area contributed by atoms with E-state index in [0.717, 1.165) is 11.3 Å². The van der Waals surface area contributed by atoms with E-state index in [-0.39, 0.29) is 24.5 Å². The lowest BCUT2D eigenvalue weighted by atomic mass is 9.80. The Hall–Kier alpha value is -3.03. The molecule has 3 heterocycles. The van der Waals surface area contributed by atoms with E-state index in [4.69, 9.17) is 5.73 Å². The lowest BCUT2D eigenvalue weighted by Crippen LogP contribution is -2.25. The fourth-order valence-electron chi connectivity index (χ4n) is 4.00. The number of nitrogens with one attached hydrogen (secondary N) is 1. The number of aliphatic imine (C=N–C) groups is 1. The number of nitrogen functional groups attached to an aromatic ring is 1. The van der Waals surface area contributed by atoms with Crippen molar-refractivity contribution in [3.05, 3.63) is 46.1 Å². The summed E-state index contributed by atoms with van der Waals surface area (Å²) in [6.45, 7) is 3.47. The summed E-state index contributed by atoms with van der Waals surface area (Å²) in [6.07, 6.45) is 2.65. The van der Waals surface area contributed by atoms with Gasteiger partial charge >= 0.3 is 0 Å². The van der Waals surface area contributed by atoms with Crippen molar-refractivity contribution >= 4 is 22.9 Å². The predicted molar refractivity (Wildman–Crippen MR) is 105 cm³/mol. The summed E-state index contributed by atoms with van der Waals surface area (Å²) in [5, 5.41) is 4.05. The number of H-pyrrole nitrogens is 1. The zero-order valence-corrected chi connectivity index (χ0v) is 15.7. The Morgan fingerprint density at radius 3 is 2.96 bits per heavy atom. The second-order valence-corrected chi connectivity index (χ2v) is 7.35. The number of halogens is 2. The van der Waals surface area contributed by atoms with Gasteiger partial charge in [-0.25, -0.2) is 8.91 Å². The molecule has 1 aromatic carbocycles. The van der Waals surface area contributed by atoms with Gasteiger partial charge in [0.25, 0.3) is 5.56 Å². The third-order valence-electron chi connectivity index (χ3n) is 5.51. The van der Waals surface area contributed by atoms with Crippen LogP contribution in [0.25, 0.3) is 16.6 Å². The van der Waals surface area contributed by atoms with Gasteiger partial charge in [-0.15, -0.1) is 5.10 Å². The summed E-state index contributed by atoms with van der Waals surface area (Å²) in [7, 11) is 0. The van der Waals surface area contributed by atoms with Crippen LogP contribution in [0.4, 0.5) is 20.4 Å². The molecule has 2 atom stereocenters. The van der Waals surface area contributed by atoms with Gasteiger partial charge in [-0.1, -0.05) is 6.92 Å². The number of fused-ring (bicyclic) bond motifs is 2. The minimum absolute atomic E-state index is 0.00535. The van der Waals surface area contributed by atoms with Crippen LogP contribution in [0.3, 0.4) is 0 Å². The summed E-state index contributed by atoms with van der Waals surface area (Å²) in [5.74, 6) is -0.263. The van der Waals surface area contributed by atoms with Crippen molar-refractivity contribution < 1.29 is 8.78 Å². The lowest BCUT2D eigenvalue weighted by molar-refractivity contribution is 0.352. The summed E-state index contributed by atoms with van der Waals surface area (Å²) in [4.78, 5) is 19.3. The van der Waals surface area contributed by atoms with Crippen LogP contribution in [0.2, 0.25) is 0 Å². The van der Waals surface area contributed by atoms with Gasteiger partial charge < -0.3 is 5.73 Å². The monoisotopic (exact) mass is 385 g/mol. The maximum atomic E-state index is 14.8. The van der Waals surface area contributed by atoms with E-state index in [9.17, 15) is 13.6 Å². The lowest BCUT2D eigenvalue weighted by Gasteiger charge is -2.28. The number of hydrogen-bond donors (Lipinski definition) is 2. The van der Waals surface area contributed by atoms with E-state index in [0.29, 0.717) is 35.2 Å². The number of nitrogens with zero attached hydrogens (tertiary/aromatic N) is 3. The van der Waals surface area contributed by atoms with Crippen LogP contribution in [0.5, 0.6) is 0 Å². The van der Waals surface area contributed by atoms with Gasteiger partial charge in [-0.05, 0) is 55.0 Å². The molecule has 0 bridgehead atoms. The first-order chi connectivity index (χ1) is 13.4. The summed E-state index contributed by atoms with van der Waals surface area (Å²) >= 11 is 0. The van der Waals surface area contributed by atoms with E-state index < -0.39 is 11.4 Å². The highest BCUT2D eigenvalue weighted by atomic mass is 19.1. The van der Waals surface area contributed by atoms with Gasteiger partial charge in [0.2, 0.25) is 5.95 Å². The molecule has 3 aromatic rings. The molecule has 146 valence electrons. The van der Waals surface area contributed by atoms with Crippen LogP contribution in [0.1, 0.15) is 25.8 Å². The van der Waals surface area contributed by atoms with Gasteiger partial charge in [0.05, 0.1) is 6.67 Å². The average molecular weight is 385 g/mol. The van der Waals surface area contributed by atoms with Crippen LogP contribution in [0, 0.1) is 17.7 Å². The third-order valence-corrected chi connectivity index (χ3v) is 5.51. The van der Waals surface area contributed by atoms with Crippen LogP contribution < -0.4 is 11.3 Å². The number of aromatic amines is 1. The Morgan fingerprint density at radius 2 is 2.21 bits per heavy atom. The number of nitrogens with two attached hydrogens (primary N) is 1. The smallest absolute Gasteiger partial charge is 0.277 e. The molecule has 1 aliphatic heterocycles. The molecule has 0 fully saturated rings. The first kappa shape index (κ1) is 18.3. The number of benzene rings is 1. The van der Waals surface area contributed by atoms with E-state index in [1.165, 1.54) is 10.6 Å². The van der Waals surface area contributed by atoms with Crippen molar-refractivity contribution in [3.63, 3.8) is 0 Å². The standard InChI is InChI=1S/C20H21F2N5O/c1-10(3-5-21)15-8-13-7-12(9-16(22)17(13)24-11(15)2)14-4-6-27-18(14)19(28)25-20(23)26-27/h4,6-7,9-10,15H,3,5,8H2,1-2H3,(H3,23,25,26,28)/t10-,15-/m1/s1. The minimum Gasteiger partial charge on any atom is -0.368 e. The third kappa shape index (κ3) is 2.98. The van der Waals surface area contributed by atoms with Crippen molar-refractivity contribution in [2.45, 2.75) is 26.7 Å². The molecular weight excluding hydrogens is 364 g/mol. The summed E-state index contributed by atoms with van der Waals surface area (Å²) in [5.41, 5.74) is 8.53. The van der Waals surface area contributed by atoms with Crippen LogP contribution in [0.15, 0.2) is 34.2 Å². The van der Waals surface area contributed by atoms with Crippen molar-refractivity contribution in [1.82, 2.24) is 14.6 Å². The van der Waals surface area contributed by atoms with Crippen molar-refractivity contribution in [1.29, 1.82) is 0 Å². The second-order valence-electron chi connectivity index (χ2n) is 7.35. The summed E-state index contributed by atoms with van der Waals surface area (Å²) < 4.78 is 29.0. The zero-order valence-electron chi connectivity index (χ0n) is 15.7. The number of hydrogen-bond acceptors (Lipinski definition) is 4. The zero-order chi connectivity index (χ0) is 20.0. The largest absolute Gasteiger partial charge is 0.368 e.